The molecule has 1 aromatic heterocycles. The molecule has 1 atom stereocenters. The van der Waals surface area contributed by atoms with Crippen LogP contribution in [0.3, 0.4) is 0 Å². The molecule has 2 heterocycles. The normalized spacial score (nSPS) is 20.3. The number of para-hydroxylation sites is 2. The van der Waals surface area contributed by atoms with Crippen LogP contribution in [-0.2, 0) is 0 Å². The number of piperidine rings is 1. The maximum atomic E-state index is 4.58. The number of rotatable bonds is 4. The summed E-state index contributed by atoms with van der Waals surface area (Å²) in [5.74, 6) is 1.14. The zero-order chi connectivity index (χ0) is 12.2. The van der Waals surface area contributed by atoms with E-state index >= 15 is 0 Å². The number of nitrogens with one attached hydrogen (secondary N) is 2. The second-order valence-electron chi connectivity index (χ2n) is 4.84. The number of aromatic amines is 1. The van der Waals surface area contributed by atoms with E-state index in [0.717, 1.165) is 28.0 Å². The van der Waals surface area contributed by atoms with Crippen molar-refractivity contribution < 1.29 is 0 Å². The molecule has 0 amide bonds. The van der Waals surface area contributed by atoms with Gasteiger partial charge in [0, 0.05) is 11.8 Å². The van der Waals surface area contributed by atoms with E-state index in [-0.39, 0.29) is 0 Å². The molecule has 1 saturated heterocycles. The van der Waals surface area contributed by atoms with Crippen molar-refractivity contribution in [1.29, 1.82) is 0 Å². The lowest BCUT2D eigenvalue weighted by Crippen LogP contribution is -2.34. The average molecular weight is 261 g/mol. The van der Waals surface area contributed by atoms with Gasteiger partial charge in [-0.25, -0.2) is 4.98 Å². The Balaban J connectivity index is 1.53. The first kappa shape index (κ1) is 12.1. The van der Waals surface area contributed by atoms with Gasteiger partial charge in [0.15, 0.2) is 5.16 Å². The summed E-state index contributed by atoms with van der Waals surface area (Å²) in [7, 11) is 0. The Morgan fingerprint density at radius 1 is 1.28 bits per heavy atom. The van der Waals surface area contributed by atoms with Crippen LogP contribution < -0.4 is 5.32 Å². The molecule has 1 aliphatic rings. The maximum Gasteiger partial charge on any atom is 0.166 e. The summed E-state index contributed by atoms with van der Waals surface area (Å²) in [5.41, 5.74) is 2.20. The van der Waals surface area contributed by atoms with E-state index in [0.29, 0.717) is 0 Å². The summed E-state index contributed by atoms with van der Waals surface area (Å²) in [4.78, 5) is 7.95. The quantitative estimate of drug-likeness (QED) is 0.830. The molecular weight excluding hydrogens is 242 g/mol. The SMILES string of the molecule is c1ccc2[nH]c(SCC[C@@H]3CCCCN3)nc2c1. The lowest BCUT2D eigenvalue weighted by molar-refractivity contribution is 0.394. The maximum absolute atomic E-state index is 4.58. The van der Waals surface area contributed by atoms with Crippen LogP contribution in [0, 0.1) is 0 Å². The van der Waals surface area contributed by atoms with Crippen LogP contribution in [0.2, 0.25) is 0 Å². The predicted molar refractivity (Wildman–Crippen MR) is 77.1 cm³/mol. The Labute approximate surface area is 112 Å². The molecule has 0 bridgehead atoms. The molecule has 0 spiro atoms. The summed E-state index contributed by atoms with van der Waals surface area (Å²) < 4.78 is 0. The zero-order valence-corrected chi connectivity index (χ0v) is 11.3. The van der Waals surface area contributed by atoms with Gasteiger partial charge in [-0.2, -0.15) is 0 Å². The standard InChI is InChI=1S/C14H19N3S/c1-2-7-13-12(6-1)16-14(17-13)18-10-8-11-5-3-4-9-15-11/h1-2,6-7,11,15H,3-5,8-10H2,(H,16,17)/t11-/m0/s1. The van der Waals surface area contributed by atoms with E-state index in [2.05, 4.69) is 27.4 Å². The average Bonchev–Trinajstić information content (AvgIpc) is 2.82. The Bertz CT molecular complexity index is 469. The Hall–Kier alpha value is -1.00. The number of aromatic nitrogens is 2. The van der Waals surface area contributed by atoms with E-state index in [9.17, 15) is 0 Å². The van der Waals surface area contributed by atoms with Crippen LogP contribution in [0.4, 0.5) is 0 Å². The monoisotopic (exact) mass is 261 g/mol. The molecule has 18 heavy (non-hydrogen) atoms. The molecule has 1 fully saturated rings. The van der Waals surface area contributed by atoms with Gasteiger partial charge in [-0.15, -0.1) is 0 Å². The second kappa shape index (κ2) is 5.76. The number of imidazole rings is 1. The smallest absolute Gasteiger partial charge is 0.166 e. The van der Waals surface area contributed by atoms with Crippen molar-refractivity contribution in [3.05, 3.63) is 24.3 Å². The van der Waals surface area contributed by atoms with Crippen molar-refractivity contribution >= 4 is 22.8 Å². The minimum Gasteiger partial charge on any atom is -0.333 e. The molecule has 4 heteroatoms. The van der Waals surface area contributed by atoms with Crippen molar-refractivity contribution in [3.63, 3.8) is 0 Å². The third kappa shape index (κ3) is 2.87. The Kier molecular flexibility index (Phi) is 3.86. The largest absolute Gasteiger partial charge is 0.333 e. The third-order valence-corrected chi connectivity index (χ3v) is 4.39. The highest BCUT2D eigenvalue weighted by molar-refractivity contribution is 7.99. The van der Waals surface area contributed by atoms with E-state index in [4.69, 9.17) is 0 Å². The second-order valence-corrected chi connectivity index (χ2v) is 5.93. The van der Waals surface area contributed by atoms with Gasteiger partial charge in [0.1, 0.15) is 0 Å². The van der Waals surface area contributed by atoms with Gasteiger partial charge in [0.2, 0.25) is 0 Å². The minimum atomic E-state index is 0.718. The highest BCUT2D eigenvalue weighted by Gasteiger charge is 2.12. The first-order valence-corrected chi connectivity index (χ1v) is 7.71. The van der Waals surface area contributed by atoms with E-state index in [1.54, 1.807) is 0 Å². The number of H-pyrrole nitrogens is 1. The molecule has 2 aromatic rings. The molecule has 0 aliphatic carbocycles. The predicted octanol–water partition coefficient (Wildman–Crippen LogP) is 3.19. The number of hydrogen-bond donors (Lipinski definition) is 2. The van der Waals surface area contributed by atoms with E-state index in [1.807, 2.05) is 23.9 Å². The molecule has 1 aliphatic heterocycles. The molecule has 2 N–H and O–H groups in total. The Morgan fingerprint density at radius 2 is 2.22 bits per heavy atom. The zero-order valence-electron chi connectivity index (χ0n) is 10.5. The van der Waals surface area contributed by atoms with Gasteiger partial charge in [0.25, 0.3) is 0 Å². The number of nitrogens with zero attached hydrogens (tertiary/aromatic N) is 1. The minimum absolute atomic E-state index is 0.718. The first-order chi connectivity index (χ1) is 8.92. The lowest BCUT2D eigenvalue weighted by atomic mass is 10.0. The molecular formula is C14H19N3S. The summed E-state index contributed by atoms with van der Waals surface area (Å²) >= 11 is 1.83. The highest BCUT2D eigenvalue weighted by atomic mass is 32.2. The summed E-state index contributed by atoms with van der Waals surface area (Å²) in [6.07, 6.45) is 5.29. The summed E-state index contributed by atoms with van der Waals surface area (Å²) in [6.45, 7) is 1.19. The molecule has 0 unspecified atom stereocenters. The van der Waals surface area contributed by atoms with Crippen LogP contribution in [0.5, 0.6) is 0 Å². The molecule has 3 nitrogen and oxygen atoms in total. The molecule has 0 radical (unpaired) electrons. The first-order valence-electron chi connectivity index (χ1n) is 6.73. The highest BCUT2D eigenvalue weighted by Crippen LogP contribution is 2.21. The van der Waals surface area contributed by atoms with Crippen molar-refractivity contribution in [3.8, 4) is 0 Å². The molecule has 0 saturated carbocycles. The molecule has 1 aromatic carbocycles. The molecule has 3 rings (SSSR count). The van der Waals surface area contributed by atoms with Gasteiger partial charge in [-0.1, -0.05) is 30.3 Å². The van der Waals surface area contributed by atoms with Crippen LogP contribution >= 0.6 is 11.8 Å². The van der Waals surface area contributed by atoms with Crippen molar-refractivity contribution in [2.24, 2.45) is 0 Å². The Morgan fingerprint density at radius 3 is 3.06 bits per heavy atom. The fraction of sp³-hybridized carbons (Fsp3) is 0.500. The van der Waals surface area contributed by atoms with Gasteiger partial charge in [-0.05, 0) is 37.9 Å². The van der Waals surface area contributed by atoms with Crippen LogP contribution in [-0.4, -0.2) is 28.3 Å². The third-order valence-electron chi connectivity index (χ3n) is 3.49. The lowest BCUT2D eigenvalue weighted by Gasteiger charge is -2.22. The number of thioether (sulfide) groups is 1. The number of benzene rings is 1. The fourth-order valence-electron chi connectivity index (χ4n) is 2.47. The van der Waals surface area contributed by atoms with E-state index < -0.39 is 0 Å². The van der Waals surface area contributed by atoms with Gasteiger partial charge >= 0.3 is 0 Å². The van der Waals surface area contributed by atoms with Crippen LogP contribution in [0.1, 0.15) is 25.7 Å². The topological polar surface area (TPSA) is 40.7 Å². The number of hydrogen-bond acceptors (Lipinski definition) is 3. The van der Waals surface area contributed by atoms with Gasteiger partial charge < -0.3 is 10.3 Å². The fourth-order valence-corrected chi connectivity index (χ4v) is 3.41. The van der Waals surface area contributed by atoms with Crippen molar-refractivity contribution in [1.82, 2.24) is 15.3 Å². The molecule has 96 valence electrons. The van der Waals surface area contributed by atoms with Crippen molar-refractivity contribution in [2.75, 3.05) is 12.3 Å². The summed E-state index contributed by atoms with van der Waals surface area (Å²) in [5, 5.41) is 4.64. The van der Waals surface area contributed by atoms with Crippen LogP contribution in [0.25, 0.3) is 11.0 Å². The van der Waals surface area contributed by atoms with E-state index in [1.165, 1.54) is 32.2 Å². The van der Waals surface area contributed by atoms with Gasteiger partial charge in [-0.3, -0.25) is 0 Å². The number of fused-ring (bicyclic) bond motifs is 1. The van der Waals surface area contributed by atoms with Crippen LogP contribution in [0.15, 0.2) is 29.4 Å². The summed E-state index contributed by atoms with van der Waals surface area (Å²) in [6, 6.07) is 8.92. The van der Waals surface area contributed by atoms with Crippen molar-refractivity contribution in [2.45, 2.75) is 36.9 Å². The van der Waals surface area contributed by atoms with Gasteiger partial charge in [0.05, 0.1) is 11.0 Å².